The monoisotopic (exact) mass is 271 g/mol. The summed E-state index contributed by atoms with van der Waals surface area (Å²) in [5, 5.41) is 0. The fourth-order valence-corrected chi connectivity index (χ4v) is 1.45. The fourth-order valence-electron chi connectivity index (χ4n) is 1.06. The van der Waals surface area contributed by atoms with E-state index in [9.17, 15) is 9.59 Å². The van der Waals surface area contributed by atoms with Crippen LogP contribution in [0, 0.1) is 0 Å². The molecule has 1 unspecified atom stereocenters. The standard InChI is InChI=1S/C10H10BrNO3/c1-15-10(14)8(12)9(13)6-3-2-4-7(11)5-6/h2-5,8H,12H2,1H3. The molecule has 1 atom stereocenters. The Kier molecular flexibility index (Phi) is 3.99. The van der Waals surface area contributed by atoms with E-state index < -0.39 is 17.8 Å². The predicted molar refractivity (Wildman–Crippen MR) is 58.5 cm³/mol. The van der Waals surface area contributed by atoms with E-state index in [2.05, 4.69) is 20.7 Å². The Morgan fingerprint density at radius 3 is 2.67 bits per heavy atom. The third-order valence-electron chi connectivity index (χ3n) is 1.85. The number of ketones is 1. The van der Waals surface area contributed by atoms with Crippen LogP contribution in [0.3, 0.4) is 0 Å². The van der Waals surface area contributed by atoms with Crippen LogP contribution in [0.15, 0.2) is 28.7 Å². The highest BCUT2D eigenvalue weighted by Crippen LogP contribution is 2.13. The van der Waals surface area contributed by atoms with Crippen molar-refractivity contribution in [2.75, 3.05) is 7.11 Å². The molecular weight excluding hydrogens is 262 g/mol. The minimum atomic E-state index is -1.26. The summed E-state index contributed by atoms with van der Waals surface area (Å²) < 4.78 is 5.14. The third-order valence-corrected chi connectivity index (χ3v) is 2.34. The molecule has 0 aliphatic carbocycles. The number of halogens is 1. The first-order valence-electron chi connectivity index (χ1n) is 4.19. The van der Waals surface area contributed by atoms with Gasteiger partial charge in [-0.25, -0.2) is 4.79 Å². The molecule has 0 aliphatic heterocycles. The maximum Gasteiger partial charge on any atom is 0.330 e. The van der Waals surface area contributed by atoms with E-state index in [-0.39, 0.29) is 0 Å². The van der Waals surface area contributed by atoms with Gasteiger partial charge < -0.3 is 10.5 Å². The van der Waals surface area contributed by atoms with Crippen molar-refractivity contribution in [1.82, 2.24) is 0 Å². The second kappa shape index (κ2) is 5.04. The lowest BCUT2D eigenvalue weighted by Gasteiger charge is -2.08. The summed E-state index contributed by atoms with van der Waals surface area (Å²) in [5.74, 6) is -1.19. The van der Waals surface area contributed by atoms with Gasteiger partial charge in [0.05, 0.1) is 7.11 Å². The molecule has 15 heavy (non-hydrogen) atoms. The highest BCUT2D eigenvalue weighted by atomic mass is 79.9. The molecular formula is C10H10BrNO3. The van der Waals surface area contributed by atoms with Gasteiger partial charge in [-0.2, -0.15) is 0 Å². The molecule has 0 saturated heterocycles. The van der Waals surface area contributed by atoms with E-state index >= 15 is 0 Å². The molecule has 0 saturated carbocycles. The molecule has 0 amide bonds. The number of esters is 1. The van der Waals surface area contributed by atoms with Crippen molar-refractivity contribution >= 4 is 27.7 Å². The van der Waals surface area contributed by atoms with Crippen molar-refractivity contribution in [3.8, 4) is 0 Å². The molecule has 0 heterocycles. The molecule has 0 spiro atoms. The van der Waals surface area contributed by atoms with Gasteiger partial charge in [0.25, 0.3) is 0 Å². The zero-order chi connectivity index (χ0) is 11.4. The SMILES string of the molecule is COC(=O)C(N)C(=O)c1cccc(Br)c1. The normalized spacial score (nSPS) is 11.9. The summed E-state index contributed by atoms with van der Waals surface area (Å²) in [7, 11) is 1.19. The van der Waals surface area contributed by atoms with Crippen LogP contribution < -0.4 is 5.73 Å². The minimum Gasteiger partial charge on any atom is -0.468 e. The van der Waals surface area contributed by atoms with Gasteiger partial charge in [-0.1, -0.05) is 28.1 Å². The molecule has 1 aromatic rings. The van der Waals surface area contributed by atoms with Crippen LogP contribution in [0.1, 0.15) is 10.4 Å². The van der Waals surface area contributed by atoms with Crippen molar-refractivity contribution in [1.29, 1.82) is 0 Å². The van der Waals surface area contributed by atoms with Crippen LogP contribution >= 0.6 is 15.9 Å². The van der Waals surface area contributed by atoms with Gasteiger partial charge in [0.1, 0.15) is 0 Å². The second-order valence-electron chi connectivity index (χ2n) is 2.88. The van der Waals surface area contributed by atoms with E-state index in [1.165, 1.54) is 7.11 Å². The average molecular weight is 272 g/mol. The number of Topliss-reactive ketones (excluding diaryl/α,β-unsaturated/α-hetero) is 1. The third kappa shape index (κ3) is 2.87. The van der Waals surface area contributed by atoms with Crippen LogP contribution in [-0.4, -0.2) is 24.9 Å². The van der Waals surface area contributed by atoms with Gasteiger partial charge >= 0.3 is 5.97 Å². The fraction of sp³-hybridized carbons (Fsp3) is 0.200. The first kappa shape index (κ1) is 11.9. The number of benzene rings is 1. The second-order valence-corrected chi connectivity index (χ2v) is 3.79. The van der Waals surface area contributed by atoms with Crippen LogP contribution in [0.25, 0.3) is 0 Å². The molecule has 1 aromatic carbocycles. The maximum atomic E-state index is 11.7. The van der Waals surface area contributed by atoms with Crippen molar-refractivity contribution in [2.45, 2.75) is 6.04 Å². The highest BCUT2D eigenvalue weighted by Gasteiger charge is 2.23. The van der Waals surface area contributed by atoms with E-state index in [0.29, 0.717) is 5.56 Å². The predicted octanol–water partition coefficient (Wildman–Crippen LogP) is 1.13. The quantitative estimate of drug-likeness (QED) is 0.508. The van der Waals surface area contributed by atoms with Crippen LogP contribution in [-0.2, 0) is 9.53 Å². The molecule has 1 rings (SSSR count). The lowest BCUT2D eigenvalue weighted by atomic mass is 10.1. The first-order valence-corrected chi connectivity index (χ1v) is 4.98. The molecule has 0 fully saturated rings. The molecule has 0 bridgehead atoms. The number of hydrogen-bond acceptors (Lipinski definition) is 4. The first-order chi connectivity index (χ1) is 7.06. The number of carbonyl (C=O) groups excluding carboxylic acids is 2. The molecule has 80 valence electrons. The number of nitrogens with two attached hydrogens (primary N) is 1. The smallest absolute Gasteiger partial charge is 0.330 e. The summed E-state index contributed by atoms with van der Waals surface area (Å²) >= 11 is 3.22. The van der Waals surface area contributed by atoms with Crippen molar-refractivity contribution < 1.29 is 14.3 Å². The van der Waals surface area contributed by atoms with Crippen LogP contribution in [0.5, 0.6) is 0 Å². The molecule has 0 radical (unpaired) electrons. The van der Waals surface area contributed by atoms with Crippen molar-refractivity contribution in [3.63, 3.8) is 0 Å². The Balaban J connectivity index is 2.90. The van der Waals surface area contributed by atoms with Gasteiger partial charge in [-0.05, 0) is 12.1 Å². The summed E-state index contributed by atoms with van der Waals surface area (Å²) in [5.41, 5.74) is 5.79. The maximum absolute atomic E-state index is 11.7. The van der Waals surface area contributed by atoms with E-state index in [0.717, 1.165) is 4.47 Å². The molecule has 2 N–H and O–H groups in total. The van der Waals surface area contributed by atoms with Gasteiger partial charge in [-0.15, -0.1) is 0 Å². The van der Waals surface area contributed by atoms with Crippen LogP contribution in [0.4, 0.5) is 0 Å². The molecule has 0 aliphatic rings. The Morgan fingerprint density at radius 1 is 1.47 bits per heavy atom. The largest absolute Gasteiger partial charge is 0.468 e. The minimum absolute atomic E-state index is 0.377. The zero-order valence-corrected chi connectivity index (χ0v) is 9.65. The Labute approximate surface area is 95.5 Å². The topological polar surface area (TPSA) is 69.4 Å². The molecule has 4 nitrogen and oxygen atoms in total. The summed E-state index contributed by atoms with van der Waals surface area (Å²) in [6.45, 7) is 0. The van der Waals surface area contributed by atoms with Gasteiger partial charge in [0.15, 0.2) is 11.8 Å². The lowest BCUT2D eigenvalue weighted by Crippen LogP contribution is -2.39. The lowest BCUT2D eigenvalue weighted by molar-refractivity contribution is -0.140. The number of ether oxygens (including phenoxy) is 1. The van der Waals surface area contributed by atoms with Gasteiger partial charge in [-0.3, -0.25) is 4.79 Å². The summed E-state index contributed by atoms with van der Waals surface area (Å²) in [6, 6.07) is 5.41. The summed E-state index contributed by atoms with van der Waals surface area (Å²) in [4.78, 5) is 22.7. The van der Waals surface area contributed by atoms with Crippen molar-refractivity contribution in [3.05, 3.63) is 34.3 Å². The van der Waals surface area contributed by atoms with E-state index in [4.69, 9.17) is 5.73 Å². The Bertz CT molecular complexity index is 392. The Morgan fingerprint density at radius 2 is 2.13 bits per heavy atom. The van der Waals surface area contributed by atoms with Crippen molar-refractivity contribution in [2.24, 2.45) is 5.73 Å². The number of methoxy groups -OCH3 is 1. The average Bonchev–Trinajstić information content (AvgIpc) is 2.26. The number of carbonyl (C=O) groups is 2. The molecule has 0 aromatic heterocycles. The van der Waals surface area contributed by atoms with E-state index in [1.54, 1.807) is 24.3 Å². The van der Waals surface area contributed by atoms with Crippen LogP contribution in [0.2, 0.25) is 0 Å². The van der Waals surface area contributed by atoms with Gasteiger partial charge in [0, 0.05) is 10.0 Å². The molecule has 5 heteroatoms. The highest BCUT2D eigenvalue weighted by molar-refractivity contribution is 9.10. The zero-order valence-electron chi connectivity index (χ0n) is 8.07. The van der Waals surface area contributed by atoms with Gasteiger partial charge in [0.2, 0.25) is 0 Å². The Hall–Kier alpha value is -1.20. The number of hydrogen-bond donors (Lipinski definition) is 1. The number of rotatable bonds is 3. The van der Waals surface area contributed by atoms with E-state index in [1.807, 2.05) is 0 Å². The summed E-state index contributed by atoms with van der Waals surface area (Å²) in [6.07, 6.45) is 0.